The van der Waals surface area contributed by atoms with Crippen LogP contribution in [0.3, 0.4) is 0 Å². The fourth-order valence-corrected chi connectivity index (χ4v) is 4.69. The summed E-state index contributed by atoms with van der Waals surface area (Å²) < 4.78 is 21.9. The minimum absolute atomic E-state index is 0.0108. The molecule has 0 bridgehead atoms. The minimum Gasteiger partial charge on any atom is -0.481 e. The van der Waals surface area contributed by atoms with Gasteiger partial charge in [-0.25, -0.2) is 0 Å². The van der Waals surface area contributed by atoms with Crippen LogP contribution in [0.5, 0.6) is 0 Å². The molecule has 10 nitrogen and oxygen atoms in total. The molecule has 0 spiro atoms. The predicted octanol–water partition coefficient (Wildman–Crippen LogP) is 2.89. The van der Waals surface area contributed by atoms with Gasteiger partial charge in [0.25, 0.3) is 0 Å². The van der Waals surface area contributed by atoms with E-state index >= 15 is 0 Å². The van der Waals surface area contributed by atoms with Gasteiger partial charge in [-0.15, -0.1) is 0 Å². The largest absolute Gasteiger partial charge is 0.481 e. The van der Waals surface area contributed by atoms with Crippen LogP contribution in [-0.2, 0) is 18.7 Å². The highest BCUT2D eigenvalue weighted by molar-refractivity contribution is 7.52. The number of aliphatic carboxylic acids is 2. The van der Waals surface area contributed by atoms with Crippen LogP contribution in [0.25, 0.3) is 0 Å². The van der Waals surface area contributed by atoms with Gasteiger partial charge in [0, 0.05) is 0 Å². The first kappa shape index (κ1) is 29.4. The van der Waals surface area contributed by atoms with Crippen molar-refractivity contribution in [3.63, 3.8) is 0 Å². The Morgan fingerprint density at radius 2 is 0.929 bits per heavy atom. The lowest BCUT2D eigenvalue weighted by atomic mass is 9.87. The Morgan fingerprint density at radius 1 is 0.714 bits per heavy atom. The summed E-state index contributed by atoms with van der Waals surface area (Å²) in [6, 6.07) is 0. The van der Waals surface area contributed by atoms with E-state index in [9.17, 15) is 18.7 Å². The standard InChI is InChI=1S/2C8H17O5P/c2*1-4-6(14(11,12)13)5-8(2,3)7(9)10/h2*6H,4-5H2,1-3H3,(H,9,10)(H2,11,12,13). The van der Waals surface area contributed by atoms with Crippen molar-refractivity contribution < 1.29 is 48.5 Å². The summed E-state index contributed by atoms with van der Waals surface area (Å²) in [5.74, 6) is -2.08. The molecule has 0 radical (unpaired) electrons. The lowest BCUT2D eigenvalue weighted by Crippen LogP contribution is -2.28. The van der Waals surface area contributed by atoms with E-state index in [-0.39, 0.29) is 25.7 Å². The molecule has 0 aliphatic heterocycles. The molecular weight excluding hydrogens is 414 g/mol. The molecule has 0 fully saturated rings. The lowest BCUT2D eigenvalue weighted by Gasteiger charge is -2.25. The van der Waals surface area contributed by atoms with E-state index in [1.165, 1.54) is 27.7 Å². The minimum atomic E-state index is -4.18. The molecule has 0 amide bonds. The molecule has 0 aromatic heterocycles. The zero-order valence-corrected chi connectivity index (χ0v) is 19.0. The van der Waals surface area contributed by atoms with Gasteiger partial charge >= 0.3 is 27.1 Å². The maximum atomic E-state index is 11.0. The molecule has 28 heavy (non-hydrogen) atoms. The quantitative estimate of drug-likeness (QED) is 0.271. The predicted molar refractivity (Wildman–Crippen MR) is 104 cm³/mol. The first-order chi connectivity index (χ1) is 12.2. The highest BCUT2D eigenvalue weighted by Crippen LogP contribution is 2.48. The van der Waals surface area contributed by atoms with Crippen LogP contribution in [-0.4, -0.2) is 53.0 Å². The van der Waals surface area contributed by atoms with Gasteiger partial charge in [-0.05, 0) is 53.4 Å². The zero-order chi connectivity index (χ0) is 23.1. The van der Waals surface area contributed by atoms with E-state index in [1.807, 2.05) is 0 Å². The molecule has 0 saturated carbocycles. The zero-order valence-electron chi connectivity index (χ0n) is 17.2. The summed E-state index contributed by atoms with van der Waals surface area (Å²) in [6.07, 6.45) is 0.536. The number of carbonyl (C=O) groups is 2. The van der Waals surface area contributed by atoms with Gasteiger partial charge in [-0.1, -0.05) is 13.8 Å². The van der Waals surface area contributed by atoms with Crippen LogP contribution in [0.4, 0.5) is 0 Å². The van der Waals surface area contributed by atoms with Crippen molar-refractivity contribution in [2.45, 2.75) is 78.5 Å². The number of rotatable bonds is 10. The van der Waals surface area contributed by atoms with E-state index in [0.717, 1.165) is 0 Å². The van der Waals surface area contributed by atoms with E-state index in [0.29, 0.717) is 0 Å². The molecule has 0 aliphatic rings. The van der Waals surface area contributed by atoms with E-state index in [4.69, 9.17) is 29.8 Å². The Labute approximate surface area is 165 Å². The average molecular weight is 448 g/mol. The van der Waals surface area contributed by atoms with Crippen LogP contribution < -0.4 is 0 Å². The maximum Gasteiger partial charge on any atom is 0.328 e. The van der Waals surface area contributed by atoms with Gasteiger partial charge in [0.2, 0.25) is 0 Å². The van der Waals surface area contributed by atoms with Gasteiger partial charge in [0.1, 0.15) is 0 Å². The molecular formula is C16H34O10P2. The summed E-state index contributed by atoms with van der Waals surface area (Å²) in [5.41, 5.74) is -3.92. The summed E-state index contributed by atoms with van der Waals surface area (Å²) >= 11 is 0. The molecule has 0 aromatic carbocycles. The molecule has 0 saturated heterocycles. The molecule has 0 aliphatic carbocycles. The van der Waals surface area contributed by atoms with E-state index in [2.05, 4.69) is 0 Å². The van der Waals surface area contributed by atoms with Crippen LogP contribution in [0.15, 0.2) is 0 Å². The summed E-state index contributed by atoms with van der Waals surface area (Å²) in [5, 5.41) is 17.6. The van der Waals surface area contributed by atoms with Crippen molar-refractivity contribution in [1.82, 2.24) is 0 Å². The van der Waals surface area contributed by atoms with Gasteiger partial charge in [0.05, 0.1) is 22.1 Å². The summed E-state index contributed by atoms with van der Waals surface area (Å²) in [7, 11) is -8.35. The van der Waals surface area contributed by atoms with Crippen LogP contribution in [0, 0.1) is 10.8 Å². The molecule has 2 atom stereocenters. The first-order valence-corrected chi connectivity index (χ1v) is 12.2. The summed E-state index contributed by atoms with van der Waals surface area (Å²) in [4.78, 5) is 57.3. The number of hydrogen-bond donors (Lipinski definition) is 6. The monoisotopic (exact) mass is 448 g/mol. The smallest absolute Gasteiger partial charge is 0.328 e. The van der Waals surface area contributed by atoms with Crippen LogP contribution in [0.2, 0.25) is 0 Å². The van der Waals surface area contributed by atoms with Crippen molar-refractivity contribution in [2.24, 2.45) is 10.8 Å². The second-order valence-corrected chi connectivity index (χ2v) is 11.9. The third-order valence-electron chi connectivity index (χ3n) is 4.54. The van der Waals surface area contributed by atoms with Gasteiger partial charge in [0.15, 0.2) is 0 Å². The molecule has 0 rings (SSSR count). The normalized spacial score (nSPS) is 15.2. The number of hydrogen-bond acceptors (Lipinski definition) is 4. The van der Waals surface area contributed by atoms with Gasteiger partial charge < -0.3 is 29.8 Å². The molecule has 0 heterocycles. The topological polar surface area (TPSA) is 190 Å². The van der Waals surface area contributed by atoms with E-state index in [1.54, 1.807) is 13.8 Å². The lowest BCUT2D eigenvalue weighted by molar-refractivity contribution is -0.148. The fourth-order valence-electron chi connectivity index (χ4n) is 2.35. The fraction of sp³-hybridized carbons (Fsp3) is 0.875. The molecule has 2 unspecified atom stereocenters. The van der Waals surface area contributed by atoms with Crippen molar-refractivity contribution in [1.29, 1.82) is 0 Å². The molecule has 0 aromatic rings. The average Bonchev–Trinajstić information content (AvgIpc) is 2.48. The van der Waals surface area contributed by atoms with Gasteiger partial charge in [-0.2, -0.15) is 0 Å². The maximum absolute atomic E-state index is 11.0. The number of carboxylic acid groups (broad SMARTS) is 2. The van der Waals surface area contributed by atoms with Crippen molar-refractivity contribution >= 4 is 27.1 Å². The third kappa shape index (κ3) is 10.7. The first-order valence-electron chi connectivity index (χ1n) is 8.79. The molecule has 12 heteroatoms. The second kappa shape index (κ2) is 10.9. The van der Waals surface area contributed by atoms with Crippen LogP contribution >= 0.6 is 15.2 Å². The van der Waals surface area contributed by atoms with E-state index < -0.39 is 49.3 Å². The Bertz CT molecular complexity index is 563. The number of carboxylic acids is 2. The van der Waals surface area contributed by atoms with Crippen LogP contribution in [0.1, 0.15) is 67.2 Å². The molecule has 168 valence electrons. The Hall–Kier alpha value is -0.760. The second-order valence-electron chi connectivity index (χ2n) is 8.09. The SMILES string of the molecule is CCC(CC(C)(C)C(=O)O)P(=O)(O)O.CCC(CC(C)(C)C(=O)O)P(=O)(O)O. The Kier molecular flexibility index (Phi) is 11.4. The highest BCUT2D eigenvalue weighted by Gasteiger charge is 2.38. The summed E-state index contributed by atoms with van der Waals surface area (Å²) in [6.45, 7) is 9.14. The highest BCUT2D eigenvalue weighted by atomic mass is 31.2. The van der Waals surface area contributed by atoms with Crippen molar-refractivity contribution in [2.75, 3.05) is 0 Å². The molecule has 6 N–H and O–H groups in total. The Balaban J connectivity index is 0. The van der Waals surface area contributed by atoms with Crippen molar-refractivity contribution in [3.8, 4) is 0 Å². The van der Waals surface area contributed by atoms with Gasteiger partial charge in [-0.3, -0.25) is 18.7 Å². The third-order valence-corrected chi connectivity index (χ3v) is 7.54. The van der Waals surface area contributed by atoms with Crippen molar-refractivity contribution in [3.05, 3.63) is 0 Å². The Morgan fingerprint density at radius 3 is 1.04 bits per heavy atom.